The van der Waals surface area contributed by atoms with Gasteiger partial charge in [-0.05, 0) is 42.0 Å². The fourth-order valence-electron chi connectivity index (χ4n) is 2.53. The maximum Gasteiger partial charge on any atom is 0.267 e. The minimum atomic E-state index is -0.189. The number of halogens is 1. The summed E-state index contributed by atoms with van der Waals surface area (Å²) in [5.41, 5.74) is 2.08. The summed E-state index contributed by atoms with van der Waals surface area (Å²) in [5, 5.41) is 5.10. The Labute approximate surface area is 150 Å². The smallest absolute Gasteiger partial charge is 0.267 e. The fraction of sp³-hybridized carbons (Fsp3) is 0.158. The fourth-order valence-corrected chi connectivity index (χ4v) is 2.74. The van der Waals surface area contributed by atoms with Gasteiger partial charge in [0.15, 0.2) is 0 Å². The average molecular weight is 357 g/mol. The van der Waals surface area contributed by atoms with Crippen molar-refractivity contribution in [3.63, 3.8) is 0 Å². The van der Waals surface area contributed by atoms with Crippen molar-refractivity contribution in [2.24, 2.45) is 0 Å². The van der Waals surface area contributed by atoms with E-state index in [0.717, 1.165) is 11.1 Å². The van der Waals surface area contributed by atoms with Crippen molar-refractivity contribution in [2.45, 2.75) is 6.54 Å². The third kappa shape index (κ3) is 3.83. The lowest BCUT2D eigenvalue weighted by Gasteiger charge is -2.12. The first-order valence-electron chi connectivity index (χ1n) is 7.65. The maximum absolute atomic E-state index is 12.2. The highest BCUT2D eigenvalue weighted by Crippen LogP contribution is 2.31. The summed E-state index contributed by atoms with van der Waals surface area (Å²) in [4.78, 5) is 12.2. The number of ether oxygens (including phenoxy) is 2. The molecule has 2 aromatic carbocycles. The van der Waals surface area contributed by atoms with E-state index in [0.29, 0.717) is 28.8 Å². The Hall–Kier alpha value is -2.79. The molecule has 0 radical (unpaired) electrons. The lowest BCUT2D eigenvalue weighted by molar-refractivity contribution is 0.404. The summed E-state index contributed by atoms with van der Waals surface area (Å²) in [5.74, 6) is 1.34. The molecule has 0 saturated heterocycles. The van der Waals surface area contributed by atoms with Crippen molar-refractivity contribution >= 4 is 11.6 Å². The van der Waals surface area contributed by atoms with Gasteiger partial charge in [-0.3, -0.25) is 4.79 Å². The number of benzene rings is 2. The molecule has 0 amide bonds. The molecule has 6 heteroatoms. The average Bonchev–Trinajstić information content (AvgIpc) is 2.63. The summed E-state index contributed by atoms with van der Waals surface area (Å²) in [6, 6.07) is 16.0. The topological polar surface area (TPSA) is 53.4 Å². The second-order valence-corrected chi connectivity index (χ2v) is 5.85. The molecule has 0 N–H and O–H groups in total. The molecular weight excluding hydrogens is 340 g/mol. The van der Waals surface area contributed by atoms with Gasteiger partial charge in [0.2, 0.25) is 0 Å². The van der Waals surface area contributed by atoms with Crippen molar-refractivity contribution in [3.05, 3.63) is 75.5 Å². The van der Waals surface area contributed by atoms with Crippen molar-refractivity contribution < 1.29 is 9.47 Å². The molecule has 3 aromatic rings. The summed E-state index contributed by atoms with van der Waals surface area (Å²) in [7, 11) is 3.19. The van der Waals surface area contributed by atoms with Gasteiger partial charge in [0.05, 0.1) is 26.5 Å². The summed E-state index contributed by atoms with van der Waals surface area (Å²) in [6.07, 6.45) is 0. The molecule has 0 aliphatic heterocycles. The minimum Gasteiger partial charge on any atom is -0.497 e. The van der Waals surface area contributed by atoms with Crippen LogP contribution in [0.1, 0.15) is 5.56 Å². The quantitative estimate of drug-likeness (QED) is 0.700. The van der Waals surface area contributed by atoms with E-state index in [1.807, 2.05) is 36.4 Å². The Bertz CT molecular complexity index is 953. The highest BCUT2D eigenvalue weighted by atomic mass is 35.5. The van der Waals surface area contributed by atoms with Crippen molar-refractivity contribution in [1.82, 2.24) is 9.78 Å². The molecule has 0 atom stereocenters. The largest absolute Gasteiger partial charge is 0.497 e. The standard InChI is InChI=1S/C19H17ClN2O3/c1-24-15-6-8-18(25-2)16(11-15)17-7-9-19(23)22(21-17)12-13-4-3-5-14(20)10-13/h3-11H,12H2,1-2H3. The maximum atomic E-state index is 12.2. The number of rotatable bonds is 5. The van der Waals surface area contributed by atoms with E-state index in [1.54, 1.807) is 26.4 Å². The normalized spacial score (nSPS) is 10.5. The van der Waals surface area contributed by atoms with Crippen LogP contribution in [0.25, 0.3) is 11.3 Å². The molecule has 25 heavy (non-hydrogen) atoms. The van der Waals surface area contributed by atoms with E-state index >= 15 is 0 Å². The predicted octanol–water partition coefficient (Wildman–Crippen LogP) is 3.63. The first-order valence-corrected chi connectivity index (χ1v) is 8.03. The van der Waals surface area contributed by atoms with Gasteiger partial charge in [-0.25, -0.2) is 4.68 Å². The van der Waals surface area contributed by atoms with Crippen molar-refractivity contribution in [3.8, 4) is 22.8 Å². The number of methoxy groups -OCH3 is 2. The summed E-state index contributed by atoms with van der Waals surface area (Å²) < 4.78 is 12.1. The van der Waals surface area contributed by atoms with Gasteiger partial charge in [-0.15, -0.1) is 0 Å². The van der Waals surface area contributed by atoms with Gasteiger partial charge in [0, 0.05) is 16.7 Å². The number of nitrogens with zero attached hydrogens (tertiary/aromatic N) is 2. The number of aromatic nitrogens is 2. The third-order valence-electron chi connectivity index (χ3n) is 3.77. The van der Waals surface area contributed by atoms with Crippen LogP contribution in [0, 0.1) is 0 Å². The Morgan fingerprint density at radius 3 is 2.60 bits per heavy atom. The molecule has 0 fully saturated rings. The highest BCUT2D eigenvalue weighted by molar-refractivity contribution is 6.30. The lowest BCUT2D eigenvalue weighted by atomic mass is 10.1. The van der Waals surface area contributed by atoms with Crippen LogP contribution < -0.4 is 15.0 Å². The molecule has 0 bridgehead atoms. The molecule has 0 unspecified atom stereocenters. The van der Waals surface area contributed by atoms with E-state index in [9.17, 15) is 4.79 Å². The molecule has 0 aliphatic carbocycles. The molecule has 0 saturated carbocycles. The Kier molecular flexibility index (Phi) is 5.05. The van der Waals surface area contributed by atoms with Gasteiger partial charge in [-0.2, -0.15) is 5.10 Å². The second kappa shape index (κ2) is 7.40. The summed E-state index contributed by atoms with van der Waals surface area (Å²) >= 11 is 6.01. The van der Waals surface area contributed by atoms with Crippen molar-refractivity contribution in [2.75, 3.05) is 14.2 Å². The van der Waals surface area contributed by atoms with Crippen LogP contribution in [-0.2, 0) is 6.54 Å². The Morgan fingerprint density at radius 2 is 1.88 bits per heavy atom. The van der Waals surface area contributed by atoms with Gasteiger partial charge < -0.3 is 9.47 Å². The SMILES string of the molecule is COc1ccc(OC)c(-c2ccc(=O)n(Cc3cccc(Cl)c3)n2)c1. The molecule has 128 valence electrons. The van der Waals surface area contributed by atoms with Gasteiger partial charge in [-0.1, -0.05) is 23.7 Å². The first-order chi connectivity index (χ1) is 12.1. The monoisotopic (exact) mass is 356 g/mol. The van der Waals surface area contributed by atoms with E-state index in [-0.39, 0.29) is 5.56 Å². The molecule has 1 heterocycles. The first kappa shape index (κ1) is 17.0. The molecular formula is C19H17ClN2O3. The van der Waals surface area contributed by atoms with Crippen LogP contribution >= 0.6 is 11.6 Å². The molecule has 0 aliphatic rings. The predicted molar refractivity (Wildman–Crippen MR) is 97.6 cm³/mol. The lowest BCUT2D eigenvalue weighted by Crippen LogP contribution is -2.22. The minimum absolute atomic E-state index is 0.189. The van der Waals surface area contributed by atoms with Crippen molar-refractivity contribution in [1.29, 1.82) is 0 Å². The number of hydrogen-bond donors (Lipinski definition) is 0. The zero-order valence-electron chi connectivity index (χ0n) is 13.9. The van der Waals surface area contributed by atoms with E-state index < -0.39 is 0 Å². The Morgan fingerprint density at radius 1 is 1.04 bits per heavy atom. The van der Waals surface area contributed by atoms with Crippen LogP contribution in [0.5, 0.6) is 11.5 Å². The van der Waals surface area contributed by atoms with Crippen LogP contribution in [-0.4, -0.2) is 24.0 Å². The van der Waals surface area contributed by atoms with E-state index in [2.05, 4.69) is 5.10 Å². The van der Waals surface area contributed by atoms with Gasteiger partial charge in [0.25, 0.3) is 5.56 Å². The van der Waals surface area contributed by atoms with Crippen LogP contribution in [0.15, 0.2) is 59.4 Å². The van der Waals surface area contributed by atoms with E-state index in [4.69, 9.17) is 21.1 Å². The highest BCUT2D eigenvalue weighted by Gasteiger charge is 2.11. The zero-order chi connectivity index (χ0) is 17.8. The summed E-state index contributed by atoms with van der Waals surface area (Å²) in [6.45, 7) is 0.333. The number of hydrogen-bond acceptors (Lipinski definition) is 4. The molecule has 3 rings (SSSR count). The molecule has 0 spiro atoms. The Balaban J connectivity index is 2.04. The molecule has 1 aromatic heterocycles. The molecule has 5 nitrogen and oxygen atoms in total. The van der Waals surface area contributed by atoms with E-state index in [1.165, 1.54) is 10.7 Å². The van der Waals surface area contributed by atoms with Gasteiger partial charge in [0.1, 0.15) is 11.5 Å². The third-order valence-corrected chi connectivity index (χ3v) is 4.01. The zero-order valence-corrected chi connectivity index (χ0v) is 14.7. The van der Waals surface area contributed by atoms with Crippen LogP contribution in [0.4, 0.5) is 0 Å². The van der Waals surface area contributed by atoms with Gasteiger partial charge >= 0.3 is 0 Å². The van der Waals surface area contributed by atoms with Crippen LogP contribution in [0.3, 0.4) is 0 Å². The van der Waals surface area contributed by atoms with Crippen LogP contribution in [0.2, 0.25) is 5.02 Å². The second-order valence-electron chi connectivity index (χ2n) is 5.41.